The van der Waals surface area contributed by atoms with E-state index >= 15 is 0 Å². The lowest BCUT2D eigenvalue weighted by Gasteiger charge is -2.31. The zero-order chi connectivity index (χ0) is 14.3. The average molecular weight is 270 g/mol. The predicted octanol–water partition coefficient (Wildman–Crippen LogP) is 1.32. The molecule has 19 heavy (non-hydrogen) atoms. The van der Waals surface area contributed by atoms with Crippen LogP contribution in [0.4, 0.5) is 0 Å². The van der Waals surface area contributed by atoms with Gasteiger partial charge in [0.25, 0.3) is 0 Å². The Bertz CT molecular complexity index is 320. The zero-order valence-corrected chi connectivity index (χ0v) is 12.3. The first kappa shape index (κ1) is 16.0. The Hall–Kier alpha value is -1.10. The summed E-state index contributed by atoms with van der Waals surface area (Å²) in [5.74, 6) is -0.0490. The van der Waals surface area contributed by atoms with Gasteiger partial charge in [0.1, 0.15) is 5.54 Å². The molecule has 1 atom stereocenters. The smallest absolute Gasteiger partial charge is 0.248 e. The van der Waals surface area contributed by atoms with E-state index in [0.29, 0.717) is 32.5 Å². The number of rotatable bonds is 7. The second-order valence-corrected chi connectivity index (χ2v) is 5.24. The summed E-state index contributed by atoms with van der Waals surface area (Å²) in [6.07, 6.45) is 3.12. The summed E-state index contributed by atoms with van der Waals surface area (Å²) in [5, 5.41) is 2.82. The van der Waals surface area contributed by atoms with E-state index in [1.54, 1.807) is 11.8 Å². The fraction of sp³-hybridized carbons (Fsp3) is 0.857. The molecule has 0 aliphatic carbocycles. The molecule has 1 heterocycles. The summed E-state index contributed by atoms with van der Waals surface area (Å²) in [4.78, 5) is 25.8. The van der Waals surface area contributed by atoms with Crippen LogP contribution in [0.3, 0.4) is 0 Å². The number of unbranched alkanes of at least 4 members (excludes halogenated alkanes) is 1. The number of carbonyl (C=O) groups excluding carboxylic acids is 2. The third-order valence-corrected chi connectivity index (χ3v) is 3.64. The quantitative estimate of drug-likeness (QED) is 0.710. The zero-order valence-electron chi connectivity index (χ0n) is 12.3. The second kappa shape index (κ2) is 7.48. The summed E-state index contributed by atoms with van der Waals surface area (Å²) >= 11 is 0. The van der Waals surface area contributed by atoms with Crippen LogP contribution in [-0.4, -0.2) is 48.6 Å². The van der Waals surface area contributed by atoms with E-state index in [-0.39, 0.29) is 11.8 Å². The number of hydrogen-bond acceptors (Lipinski definition) is 3. The van der Waals surface area contributed by atoms with Crippen molar-refractivity contribution >= 4 is 11.8 Å². The lowest BCUT2D eigenvalue weighted by molar-refractivity contribution is -0.138. The monoisotopic (exact) mass is 270 g/mol. The highest BCUT2D eigenvalue weighted by Crippen LogP contribution is 2.17. The summed E-state index contributed by atoms with van der Waals surface area (Å²) in [6.45, 7) is 8.15. The van der Waals surface area contributed by atoms with Gasteiger partial charge in [-0.25, -0.2) is 0 Å². The Morgan fingerprint density at radius 3 is 2.68 bits per heavy atom. The number of nitrogens with zero attached hydrogens (tertiary/aromatic N) is 1. The summed E-state index contributed by atoms with van der Waals surface area (Å²) in [7, 11) is 0. The Morgan fingerprint density at radius 1 is 1.32 bits per heavy atom. The lowest BCUT2D eigenvalue weighted by Crippen LogP contribution is -2.55. The standard InChI is InChI=1S/C14H26N2O3/c1-4-6-10-19-11-9-16-8-7-12(17)15-14(3,5-2)13(16)18/h4-11H2,1-3H3,(H,15,17). The van der Waals surface area contributed by atoms with E-state index in [1.165, 1.54) is 0 Å². The van der Waals surface area contributed by atoms with Gasteiger partial charge in [0.05, 0.1) is 6.61 Å². The minimum atomic E-state index is -0.767. The van der Waals surface area contributed by atoms with Crippen LogP contribution in [-0.2, 0) is 14.3 Å². The second-order valence-electron chi connectivity index (χ2n) is 5.24. The molecule has 1 aliphatic heterocycles. The van der Waals surface area contributed by atoms with Crippen molar-refractivity contribution in [2.24, 2.45) is 0 Å². The molecule has 1 fully saturated rings. The van der Waals surface area contributed by atoms with E-state index in [0.717, 1.165) is 19.4 Å². The molecule has 1 N–H and O–H groups in total. The molecule has 0 saturated carbocycles. The van der Waals surface area contributed by atoms with Crippen LogP contribution >= 0.6 is 0 Å². The molecule has 5 heteroatoms. The van der Waals surface area contributed by atoms with Crippen molar-refractivity contribution in [3.63, 3.8) is 0 Å². The van der Waals surface area contributed by atoms with Gasteiger partial charge in [-0.15, -0.1) is 0 Å². The van der Waals surface area contributed by atoms with Crippen molar-refractivity contribution in [2.75, 3.05) is 26.3 Å². The maximum Gasteiger partial charge on any atom is 0.248 e. The largest absolute Gasteiger partial charge is 0.380 e. The van der Waals surface area contributed by atoms with E-state index in [4.69, 9.17) is 4.74 Å². The van der Waals surface area contributed by atoms with Crippen LogP contribution in [0.15, 0.2) is 0 Å². The molecule has 0 aromatic rings. The van der Waals surface area contributed by atoms with Crippen LogP contribution in [0.25, 0.3) is 0 Å². The normalized spacial score (nSPS) is 24.3. The molecule has 0 spiro atoms. The third kappa shape index (κ3) is 4.49. The van der Waals surface area contributed by atoms with Crippen molar-refractivity contribution in [1.82, 2.24) is 10.2 Å². The van der Waals surface area contributed by atoms with Crippen molar-refractivity contribution in [2.45, 2.75) is 52.0 Å². The lowest BCUT2D eigenvalue weighted by atomic mass is 9.97. The Kier molecular flexibility index (Phi) is 6.28. The molecule has 5 nitrogen and oxygen atoms in total. The van der Waals surface area contributed by atoms with Gasteiger partial charge in [-0.2, -0.15) is 0 Å². The molecular formula is C14H26N2O3. The van der Waals surface area contributed by atoms with E-state index in [9.17, 15) is 9.59 Å². The van der Waals surface area contributed by atoms with Crippen LogP contribution < -0.4 is 5.32 Å². The molecule has 1 aliphatic rings. The van der Waals surface area contributed by atoms with E-state index in [1.807, 2.05) is 6.92 Å². The average Bonchev–Trinajstić information content (AvgIpc) is 2.50. The van der Waals surface area contributed by atoms with Gasteiger partial charge in [-0.1, -0.05) is 20.3 Å². The molecule has 1 rings (SSSR count). The molecule has 0 bridgehead atoms. The predicted molar refractivity (Wildman–Crippen MR) is 73.8 cm³/mol. The molecule has 0 aromatic carbocycles. The molecule has 110 valence electrons. The van der Waals surface area contributed by atoms with Crippen LogP contribution in [0.2, 0.25) is 0 Å². The van der Waals surface area contributed by atoms with Gasteiger partial charge in [0.15, 0.2) is 0 Å². The van der Waals surface area contributed by atoms with E-state index in [2.05, 4.69) is 12.2 Å². The maximum atomic E-state index is 12.4. The SMILES string of the molecule is CCCCOCCN1CCC(=O)NC(C)(CC)C1=O. The molecular weight excluding hydrogens is 244 g/mol. The minimum absolute atomic E-state index is 0.0000541. The fourth-order valence-corrected chi connectivity index (χ4v) is 2.09. The van der Waals surface area contributed by atoms with Gasteiger partial charge in [0, 0.05) is 26.1 Å². The molecule has 1 saturated heterocycles. The summed E-state index contributed by atoms with van der Waals surface area (Å²) in [6, 6.07) is 0. The van der Waals surface area contributed by atoms with Gasteiger partial charge >= 0.3 is 0 Å². The van der Waals surface area contributed by atoms with E-state index < -0.39 is 5.54 Å². The number of amides is 2. The van der Waals surface area contributed by atoms with Gasteiger partial charge in [-0.05, 0) is 19.8 Å². The first-order chi connectivity index (χ1) is 9.03. The molecule has 2 amide bonds. The first-order valence-electron chi connectivity index (χ1n) is 7.21. The van der Waals surface area contributed by atoms with Crippen LogP contribution in [0.5, 0.6) is 0 Å². The van der Waals surface area contributed by atoms with Crippen LogP contribution in [0.1, 0.15) is 46.5 Å². The maximum absolute atomic E-state index is 12.4. The van der Waals surface area contributed by atoms with Gasteiger partial charge < -0.3 is 15.0 Å². The number of carbonyl (C=O) groups is 2. The first-order valence-corrected chi connectivity index (χ1v) is 7.21. The summed E-state index contributed by atoms with van der Waals surface area (Å²) < 4.78 is 5.50. The third-order valence-electron chi connectivity index (χ3n) is 3.64. The van der Waals surface area contributed by atoms with Crippen molar-refractivity contribution in [3.05, 3.63) is 0 Å². The molecule has 1 unspecified atom stereocenters. The molecule has 0 aromatic heterocycles. The highest BCUT2D eigenvalue weighted by atomic mass is 16.5. The summed E-state index contributed by atoms with van der Waals surface area (Å²) in [5.41, 5.74) is -0.767. The Morgan fingerprint density at radius 2 is 2.05 bits per heavy atom. The number of ether oxygens (including phenoxy) is 1. The van der Waals surface area contributed by atoms with Crippen molar-refractivity contribution in [3.8, 4) is 0 Å². The molecule has 0 radical (unpaired) electrons. The highest BCUT2D eigenvalue weighted by Gasteiger charge is 2.38. The van der Waals surface area contributed by atoms with Crippen LogP contribution in [0, 0.1) is 0 Å². The van der Waals surface area contributed by atoms with Crippen molar-refractivity contribution in [1.29, 1.82) is 0 Å². The Labute approximate surface area is 115 Å². The highest BCUT2D eigenvalue weighted by molar-refractivity contribution is 5.93. The van der Waals surface area contributed by atoms with Gasteiger partial charge in [-0.3, -0.25) is 9.59 Å². The Balaban J connectivity index is 2.52. The fourth-order valence-electron chi connectivity index (χ4n) is 2.09. The van der Waals surface area contributed by atoms with Crippen molar-refractivity contribution < 1.29 is 14.3 Å². The van der Waals surface area contributed by atoms with Gasteiger partial charge in [0.2, 0.25) is 11.8 Å². The topological polar surface area (TPSA) is 58.6 Å². The minimum Gasteiger partial charge on any atom is -0.380 e. The number of hydrogen-bond donors (Lipinski definition) is 1. The number of nitrogens with one attached hydrogen (secondary N) is 1.